The minimum Gasteiger partial charge on any atom is -0.493 e. The Balaban J connectivity index is 0.00000450. The lowest BCUT2D eigenvalue weighted by atomic mass is 9.96. The first-order chi connectivity index (χ1) is 13.7. The smallest absolute Gasteiger partial charge is 0.248 e. The van der Waals surface area contributed by atoms with E-state index >= 15 is 0 Å². The molecular weight excluding hydrogens is 437 g/mol. The molecular formula is C23H37Cl2N3O3. The van der Waals surface area contributed by atoms with E-state index in [1.165, 1.54) is 0 Å². The van der Waals surface area contributed by atoms with E-state index in [1.54, 1.807) is 13.2 Å². The fourth-order valence-corrected chi connectivity index (χ4v) is 3.63. The van der Waals surface area contributed by atoms with Crippen molar-refractivity contribution in [2.24, 2.45) is 0 Å². The predicted octanol–water partition coefficient (Wildman–Crippen LogP) is 3.79. The largest absolute Gasteiger partial charge is 0.493 e. The van der Waals surface area contributed by atoms with Crippen LogP contribution in [-0.4, -0.2) is 43.8 Å². The van der Waals surface area contributed by atoms with Crippen molar-refractivity contribution in [1.82, 2.24) is 16.0 Å². The van der Waals surface area contributed by atoms with Crippen molar-refractivity contribution in [3.63, 3.8) is 0 Å². The molecule has 3 N–H and O–H groups in total. The minimum atomic E-state index is -0.313. The van der Waals surface area contributed by atoms with Crippen molar-refractivity contribution >= 4 is 30.7 Å². The SMILES string of the molecule is C=CCOc1ccc(CNCCCNC(=O)C2=CC(C)(C)NC2(C)C)cc1OC.Cl.Cl. The van der Waals surface area contributed by atoms with Gasteiger partial charge in [0.15, 0.2) is 11.5 Å². The number of carbonyl (C=O) groups excluding carboxylic acids is 1. The molecule has 31 heavy (non-hydrogen) atoms. The Morgan fingerprint density at radius 1 is 1.16 bits per heavy atom. The van der Waals surface area contributed by atoms with Crippen LogP contribution >= 0.6 is 24.8 Å². The summed E-state index contributed by atoms with van der Waals surface area (Å²) in [4.78, 5) is 12.5. The Labute approximate surface area is 199 Å². The molecule has 0 saturated carbocycles. The Morgan fingerprint density at radius 2 is 1.87 bits per heavy atom. The molecule has 1 aromatic rings. The van der Waals surface area contributed by atoms with E-state index in [4.69, 9.17) is 9.47 Å². The monoisotopic (exact) mass is 473 g/mol. The van der Waals surface area contributed by atoms with Crippen molar-refractivity contribution in [1.29, 1.82) is 0 Å². The van der Waals surface area contributed by atoms with Crippen LogP contribution in [0.15, 0.2) is 42.5 Å². The second-order valence-electron chi connectivity index (χ2n) is 8.40. The molecule has 0 aliphatic carbocycles. The average molecular weight is 474 g/mol. The summed E-state index contributed by atoms with van der Waals surface area (Å²) in [6, 6.07) is 5.89. The lowest BCUT2D eigenvalue weighted by molar-refractivity contribution is -0.118. The average Bonchev–Trinajstić information content (AvgIpc) is 2.90. The normalized spacial score (nSPS) is 15.7. The first kappa shape index (κ1) is 29.3. The van der Waals surface area contributed by atoms with Crippen molar-refractivity contribution in [2.75, 3.05) is 26.8 Å². The fourth-order valence-electron chi connectivity index (χ4n) is 3.63. The number of nitrogens with one attached hydrogen (secondary N) is 3. The number of amides is 1. The number of hydrogen-bond donors (Lipinski definition) is 3. The first-order valence-electron chi connectivity index (χ1n) is 10.1. The van der Waals surface area contributed by atoms with Gasteiger partial charge in [-0.15, -0.1) is 24.8 Å². The summed E-state index contributed by atoms with van der Waals surface area (Å²) in [5, 5.41) is 9.89. The van der Waals surface area contributed by atoms with Gasteiger partial charge in [-0.3, -0.25) is 10.1 Å². The molecule has 2 rings (SSSR count). The van der Waals surface area contributed by atoms with E-state index in [1.807, 2.05) is 38.1 Å². The predicted molar refractivity (Wildman–Crippen MR) is 132 cm³/mol. The van der Waals surface area contributed by atoms with Gasteiger partial charge in [0.25, 0.3) is 0 Å². The number of carbonyl (C=O) groups is 1. The van der Waals surface area contributed by atoms with Crippen molar-refractivity contribution in [3.8, 4) is 11.5 Å². The van der Waals surface area contributed by atoms with Crippen LogP contribution in [0.5, 0.6) is 11.5 Å². The summed E-state index contributed by atoms with van der Waals surface area (Å²) in [6.07, 6.45) is 4.58. The Hall–Kier alpha value is -1.73. The molecule has 0 radical (unpaired) electrons. The van der Waals surface area contributed by atoms with Crippen molar-refractivity contribution in [2.45, 2.75) is 51.7 Å². The zero-order chi connectivity index (χ0) is 21.5. The third-order valence-corrected chi connectivity index (χ3v) is 4.79. The van der Waals surface area contributed by atoms with Gasteiger partial charge in [0.05, 0.1) is 7.11 Å². The summed E-state index contributed by atoms with van der Waals surface area (Å²) < 4.78 is 11.0. The quantitative estimate of drug-likeness (QED) is 0.336. The summed E-state index contributed by atoms with van der Waals surface area (Å²) in [6.45, 7) is 14.5. The fraction of sp³-hybridized carbons (Fsp3) is 0.522. The molecule has 176 valence electrons. The van der Waals surface area contributed by atoms with Crippen LogP contribution in [0.2, 0.25) is 0 Å². The topological polar surface area (TPSA) is 71.6 Å². The van der Waals surface area contributed by atoms with Gasteiger partial charge in [-0.1, -0.05) is 24.8 Å². The summed E-state index contributed by atoms with van der Waals surface area (Å²) >= 11 is 0. The van der Waals surface area contributed by atoms with Crippen molar-refractivity contribution < 1.29 is 14.3 Å². The maximum Gasteiger partial charge on any atom is 0.248 e. The highest BCUT2D eigenvalue weighted by atomic mass is 35.5. The molecule has 0 bridgehead atoms. The van der Waals surface area contributed by atoms with Crippen LogP contribution in [0.4, 0.5) is 0 Å². The van der Waals surface area contributed by atoms with Crippen LogP contribution in [-0.2, 0) is 11.3 Å². The second kappa shape index (κ2) is 13.0. The molecule has 0 unspecified atom stereocenters. The van der Waals surface area contributed by atoms with Gasteiger partial charge in [0.1, 0.15) is 6.61 Å². The number of hydrogen-bond acceptors (Lipinski definition) is 5. The van der Waals surface area contributed by atoms with Gasteiger partial charge >= 0.3 is 0 Å². The molecule has 0 saturated heterocycles. The van der Waals surface area contributed by atoms with E-state index in [-0.39, 0.29) is 41.8 Å². The molecule has 0 fully saturated rings. The maximum atomic E-state index is 12.5. The van der Waals surface area contributed by atoms with E-state index in [9.17, 15) is 4.79 Å². The first-order valence-corrected chi connectivity index (χ1v) is 10.1. The van der Waals surface area contributed by atoms with Crippen LogP contribution in [0, 0.1) is 0 Å². The highest BCUT2D eigenvalue weighted by Crippen LogP contribution is 2.30. The number of rotatable bonds is 11. The van der Waals surface area contributed by atoms with Crippen LogP contribution in [0.25, 0.3) is 0 Å². The molecule has 1 aromatic carbocycles. The zero-order valence-electron chi connectivity index (χ0n) is 19.2. The lowest BCUT2D eigenvalue weighted by Gasteiger charge is -2.27. The van der Waals surface area contributed by atoms with Gasteiger partial charge in [-0.25, -0.2) is 0 Å². The minimum absolute atomic E-state index is 0. The van der Waals surface area contributed by atoms with E-state index in [2.05, 4.69) is 36.4 Å². The molecule has 0 aromatic heterocycles. The zero-order valence-corrected chi connectivity index (χ0v) is 20.8. The van der Waals surface area contributed by atoms with E-state index < -0.39 is 0 Å². The second-order valence-corrected chi connectivity index (χ2v) is 8.40. The summed E-state index contributed by atoms with van der Waals surface area (Å²) in [5.41, 5.74) is 1.45. The third kappa shape index (κ3) is 8.73. The molecule has 6 nitrogen and oxygen atoms in total. The number of halogens is 2. The number of methoxy groups -OCH3 is 1. The van der Waals surface area contributed by atoms with Crippen LogP contribution < -0.4 is 25.4 Å². The number of ether oxygens (including phenoxy) is 2. The summed E-state index contributed by atoms with van der Waals surface area (Å²) in [7, 11) is 1.63. The number of benzene rings is 1. The van der Waals surface area contributed by atoms with Gasteiger partial charge < -0.3 is 20.1 Å². The van der Waals surface area contributed by atoms with Gasteiger partial charge in [0.2, 0.25) is 5.91 Å². The molecule has 1 heterocycles. The Morgan fingerprint density at radius 3 is 2.45 bits per heavy atom. The van der Waals surface area contributed by atoms with E-state index in [0.29, 0.717) is 24.7 Å². The maximum absolute atomic E-state index is 12.5. The van der Waals surface area contributed by atoms with E-state index in [0.717, 1.165) is 30.6 Å². The van der Waals surface area contributed by atoms with Crippen molar-refractivity contribution in [3.05, 3.63) is 48.1 Å². The third-order valence-electron chi connectivity index (χ3n) is 4.79. The van der Waals surface area contributed by atoms with Gasteiger partial charge in [-0.2, -0.15) is 0 Å². The van der Waals surface area contributed by atoms with Crippen LogP contribution in [0.3, 0.4) is 0 Å². The standard InChI is InChI=1S/C23H35N3O3.2ClH/c1-7-13-29-19-10-9-17(14-20(19)28-6)16-24-11-8-12-25-21(27)18-15-22(2,3)26-23(18,4)5;;/h7,9-10,14-15,24,26H,1,8,11-13,16H2,2-6H3,(H,25,27);2*1H. The molecule has 1 aliphatic rings. The van der Waals surface area contributed by atoms with Crippen LogP contribution in [0.1, 0.15) is 39.7 Å². The highest BCUT2D eigenvalue weighted by Gasteiger charge is 2.39. The van der Waals surface area contributed by atoms with Gasteiger partial charge in [-0.05, 0) is 58.4 Å². The lowest BCUT2D eigenvalue weighted by Crippen LogP contribution is -2.47. The molecule has 0 atom stereocenters. The molecule has 0 spiro atoms. The summed E-state index contributed by atoms with van der Waals surface area (Å²) in [5.74, 6) is 1.43. The molecule has 1 aliphatic heterocycles. The molecule has 1 amide bonds. The van der Waals surface area contributed by atoms with Gasteiger partial charge in [0, 0.05) is 29.7 Å². The molecule has 8 heteroatoms. The highest BCUT2D eigenvalue weighted by molar-refractivity contribution is 5.96. The Kier molecular flexibility index (Phi) is 12.2. The Bertz CT molecular complexity index is 764.